The Morgan fingerprint density at radius 3 is 2.75 bits per heavy atom. The van der Waals surface area contributed by atoms with Crippen LogP contribution in [0.25, 0.3) is 0 Å². The van der Waals surface area contributed by atoms with E-state index in [0.717, 1.165) is 24.2 Å². The fraction of sp³-hybridized carbons (Fsp3) is 0.188. The normalized spacial score (nSPS) is 15.1. The smallest absolute Gasteiger partial charge is 0.130 e. The van der Waals surface area contributed by atoms with E-state index >= 15 is 0 Å². The number of ether oxygens (including phenoxy) is 1. The summed E-state index contributed by atoms with van der Waals surface area (Å²) in [5.74, 6) is 1.71. The molecule has 0 bridgehead atoms. The first kappa shape index (κ1) is 13.8. The Morgan fingerprint density at radius 2 is 2.15 bits per heavy atom. The van der Waals surface area contributed by atoms with Crippen molar-refractivity contribution in [1.82, 2.24) is 0 Å². The van der Waals surface area contributed by atoms with Gasteiger partial charge in [0, 0.05) is 11.9 Å². The largest absolute Gasteiger partial charge is 0.458 e. The number of nitrogens with two attached hydrogens (primary N) is 2. The molecule has 0 radical (unpaired) electrons. The highest BCUT2D eigenvalue weighted by Gasteiger charge is 2.27. The average Bonchev–Trinajstić information content (AvgIpc) is 3.29. The first-order valence-electron chi connectivity index (χ1n) is 6.40. The Morgan fingerprint density at radius 1 is 1.40 bits per heavy atom. The highest BCUT2D eigenvalue weighted by Crippen LogP contribution is 2.44. The van der Waals surface area contributed by atoms with Crippen LogP contribution in [0.1, 0.15) is 29.9 Å². The second-order valence-electron chi connectivity index (χ2n) is 4.71. The third-order valence-corrected chi connectivity index (χ3v) is 3.05. The topological polar surface area (TPSA) is 85.1 Å². The minimum absolute atomic E-state index is 0.442. The van der Waals surface area contributed by atoms with Crippen molar-refractivity contribution in [1.29, 1.82) is 5.26 Å². The summed E-state index contributed by atoms with van der Waals surface area (Å²) in [6.07, 6.45) is 6.87. The van der Waals surface area contributed by atoms with Crippen molar-refractivity contribution in [2.75, 3.05) is 0 Å². The molecule has 0 atom stereocenters. The van der Waals surface area contributed by atoms with E-state index in [4.69, 9.17) is 21.5 Å². The lowest BCUT2D eigenvalue weighted by atomic mass is 10.1. The molecule has 0 aliphatic heterocycles. The molecule has 20 heavy (non-hydrogen) atoms. The number of hydrogen-bond donors (Lipinski definition) is 2. The molecule has 1 aromatic carbocycles. The Balaban J connectivity index is 2.15. The van der Waals surface area contributed by atoms with Gasteiger partial charge in [-0.25, -0.2) is 0 Å². The van der Waals surface area contributed by atoms with Crippen LogP contribution in [0.3, 0.4) is 0 Å². The minimum Gasteiger partial charge on any atom is -0.458 e. The van der Waals surface area contributed by atoms with Gasteiger partial charge in [-0.15, -0.1) is 0 Å². The van der Waals surface area contributed by atoms with Gasteiger partial charge in [-0.3, -0.25) is 0 Å². The number of nitrogens with zero attached hydrogens (tertiary/aromatic N) is 1. The number of nitriles is 1. The second kappa shape index (κ2) is 5.98. The molecule has 0 amide bonds. The molecule has 0 spiro atoms. The third kappa shape index (κ3) is 3.42. The molecule has 2 rings (SSSR count). The number of rotatable bonds is 5. The summed E-state index contributed by atoms with van der Waals surface area (Å²) in [5, 5.41) is 8.96. The third-order valence-electron chi connectivity index (χ3n) is 3.05. The highest BCUT2D eigenvalue weighted by atomic mass is 16.5. The van der Waals surface area contributed by atoms with Gasteiger partial charge in [0.1, 0.15) is 11.5 Å². The monoisotopic (exact) mass is 267 g/mol. The van der Waals surface area contributed by atoms with Gasteiger partial charge in [0.25, 0.3) is 0 Å². The Bertz CT molecular complexity index is 619. The summed E-state index contributed by atoms with van der Waals surface area (Å²) in [4.78, 5) is 0. The number of benzene rings is 1. The van der Waals surface area contributed by atoms with Gasteiger partial charge in [-0.05, 0) is 54.7 Å². The van der Waals surface area contributed by atoms with E-state index in [-0.39, 0.29) is 0 Å². The standard InChI is InChI=1S/C16H17N3O/c1-11(2-6-14(19)10-18)20-16-7-3-12(9-17)8-15(16)13-4-5-13/h2-3,6-8,10,13H,1,4-5,18-19H2/b6-2-,14-10+. The molecule has 102 valence electrons. The predicted octanol–water partition coefficient (Wildman–Crippen LogP) is 2.64. The van der Waals surface area contributed by atoms with E-state index in [1.165, 1.54) is 6.20 Å². The molecule has 0 aromatic heterocycles. The molecular weight excluding hydrogens is 250 g/mol. The Kier molecular flexibility index (Phi) is 4.11. The minimum atomic E-state index is 0.442. The summed E-state index contributed by atoms with van der Waals surface area (Å²) < 4.78 is 5.73. The van der Waals surface area contributed by atoms with Crippen LogP contribution in [0, 0.1) is 11.3 Å². The summed E-state index contributed by atoms with van der Waals surface area (Å²) in [6.45, 7) is 3.82. The van der Waals surface area contributed by atoms with Crippen LogP contribution in [-0.4, -0.2) is 0 Å². The first-order valence-corrected chi connectivity index (χ1v) is 6.40. The quantitative estimate of drug-likeness (QED) is 0.634. The van der Waals surface area contributed by atoms with Crippen LogP contribution in [0.2, 0.25) is 0 Å². The molecule has 1 saturated carbocycles. The first-order chi connectivity index (χ1) is 9.63. The maximum atomic E-state index is 8.96. The molecule has 0 saturated heterocycles. The van der Waals surface area contributed by atoms with Crippen molar-refractivity contribution in [3.63, 3.8) is 0 Å². The van der Waals surface area contributed by atoms with E-state index in [2.05, 4.69) is 12.6 Å². The van der Waals surface area contributed by atoms with Gasteiger partial charge in [0.05, 0.1) is 11.6 Å². The van der Waals surface area contributed by atoms with Crippen LogP contribution >= 0.6 is 0 Å². The molecule has 4 heteroatoms. The number of hydrogen-bond acceptors (Lipinski definition) is 4. The van der Waals surface area contributed by atoms with Crippen molar-refractivity contribution >= 4 is 0 Å². The van der Waals surface area contributed by atoms with Gasteiger partial charge in [0.15, 0.2) is 0 Å². The molecule has 1 aromatic rings. The van der Waals surface area contributed by atoms with Crippen LogP contribution in [0.5, 0.6) is 5.75 Å². The zero-order valence-electron chi connectivity index (χ0n) is 11.2. The lowest BCUT2D eigenvalue weighted by Gasteiger charge is -2.11. The SMILES string of the molecule is C=C(/C=C\C(N)=C/N)Oc1ccc(C#N)cc1C1CC1. The van der Waals surface area contributed by atoms with Crippen LogP contribution in [-0.2, 0) is 0 Å². The summed E-state index contributed by atoms with van der Waals surface area (Å²) in [7, 11) is 0. The molecule has 0 unspecified atom stereocenters. The van der Waals surface area contributed by atoms with Gasteiger partial charge in [-0.2, -0.15) is 5.26 Å². The molecule has 1 aliphatic carbocycles. The van der Waals surface area contributed by atoms with Gasteiger partial charge >= 0.3 is 0 Å². The summed E-state index contributed by atoms with van der Waals surface area (Å²) >= 11 is 0. The molecule has 1 fully saturated rings. The summed E-state index contributed by atoms with van der Waals surface area (Å²) in [5.41, 5.74) is 13.0. The van der Waals surface area contributed by atoms with Crippen molar-refractivity contribution in [3.8, 4) is 11.8 Å². The van der Waals surface area contributed by atoms with E-state index in [0.29, 0.717) is 22.9 Å². The van der Waals surface area contributed by atoms with Crippen molar-refractivity contribution in [2.45, 2.75) is 18.8 Å². The maximum absolute atomic E-state index is 8.96. The average molecular weight is 267 g/mol. The van der Waals surface area contributed by atoms with Crippen LogP contribution in [0.15, 0.2) is 54.6 Å². The lowest BCUT2D eigenvalue weighted by Crippen LogP contribution is -1.99. The fourth-order valence-corrected chi connectivity index (χ4v) is 1.84. The zero-order chi connectivity index (χ0) is 14.5. The lowest BCUT2D eigenvalue weighted by molar-refractivity contribution is 0.441. The van der Waals surface area contributed by atoms with Crippen LogP contribution < -0.4 is 16.2 Å². The van der Waals surface area contributed by atoms with Crippen molar-refractivity contribution in [2.24, 2.45) is 11.5 Å². The van der Waals surface area contributed by atoms with Gasteiger partial charge < -0.3 is 16.2 Å². The Labute approximate surface area is 118 Å². The molecule has 0 heterocycles. The van der Waals surface area contributed by atoms with E-state index in [1.807, 2.05) is 12.1 Å². The van der Waals surface area contributed by atoms with Crippen molar-refractivity contribution < 1.29 is 4.74 Å². The zero-order valence-corrected chi connectivity index (χ0v) is 11.2. The van der Waals surface area contributed by atoms with Gasteiger partial charge in [-0.1, -0.05) is 6.58 Å². The van der Waals surface area contributed by atoms with Gasteiger partial charge in [0.2, 0.25) is 0 Å². The highest BCUT2D eigenvalue weighted by molar-refractivity contribution is 5.46. The van der Waals surface area contributed by atoms with E-state index < -0.39 is 0 Å². The van der Waals surface area contributed by atoms with Crippen molar-refractivity contribution in [3.05, 3.63) is 65.7 Å². The summed E-state index contributed by atoms with van der Waals surface area (Å²) in [6, 6.07) is 7.59. The fourth-order valence-electron chi connectivity index (χ4n) is 1.84. The molecular formula is C16H17N3O. The van der Waals surface area contributed by atoms with E-state index in [9.17, 15) is 0 Å². The molecule has 4 nitrogen and oxygen atoms in total. The second-order valence-corrected chi connectivity index (χ2v) is 4.71. The predicted molar refractivity (Wildman–Crippen MR) is 78.5 cm³/mol. The molecule has 1 aliphatic rings. The Hall–Kier alpha value is -2.67. The molecule has 4 N–H and O–H groups in total. The van der Waals surface area contributed by atoms with E-state index in [1.54, 1.807) is 18.2 Å². The number of allylic oxidation sites excluding steroid dienone is 2. The maximum Gasteiger partial charge on any atom is 0.130 e. The van der Waals surface area contributed by atoms with Crippen LogP contribution in [0.4, 0.5) is 0 Å².